The summed E-state index contributed by atoms with van der Waals surface area (Å²) >= 11 is 0. The zero-order valence-corrected chi connectivity index (χ0v) is 14.2. The van der Waals surface area contributed by atoms with Crippen molar-refractivity contribution < 1.29 is 4.92 Å². The summed E-state index contributed by atoms with van der Waals surface area (Å²) in [6, 6.07) is 16.2. The molecule has 1 unspecified atom stereocenters. The van der Waals surface area contributed by atoms with Crippen LogP contribution in [0, 0.1) is 10.1 Å². The van der Waals surface area contributed by atoms with Gasteiger partial charge in [0, 0.05) is 21.5 Å². The molecule has 0 amide bonds. The maximum Gasteiger partial charge on any atom is 0.214 e. The van der Waals surface area contributed by atoms with Crippen molar-refractivity contribution in [2.75, 3.05) is 6.54 Å². The maximum atomic E-state index is 11.4. The van der Waals surface area contributed by atoms with E-state index in [-0.39, 0.29) is 17.4 Å². The van der Waals surface area contributed by atoms with E-state index in [0.717, 1.165) is 46.1 Å². The third kappa shape index (κ3) is 2.64. The minimum atomic E-state index is -0.247. The van der Waals surface area contributed by atoms with Crippen LogP contribution in [0.25, 0.3) is 22.6 Å². The number of nitrogens with zero attached hydrogens (tertiary/aromatic N) is 1. The number of nitrogens with one attached hydrogen (secondary N) is 1. The number of para-hydroxylation sites is 1. The van der Waals surface area contributed by atoms with Crippen molar-refractivity contribution in [3.8, 4) is 0 Å². The van der Waals surface area contributed by atoms with Crippen LogP contribution in [0.15, 0.2) is 48.5 Å². The molecule has 4 nitrogen and oxygen atoms in total. The van der Waals surface area contributed by atoms with Gasteiger partial charge in [-0.05, 0) is 40.8 Å². The van der Waals surface area contributed by atoms with Crippen molar-refractivity contribution >= 4 is 22.6 Å². The molecule has 1 aliphatic carbocycles. The van der Waals surface area contributed by atoms with Gasteiger partial charge in [-0.1, -0.05) is 55.8 Å². The Morgan fingerprint density at radius 1 is 1.12 bits per heavy atom. The third-order valence-electron chi connectivity index (χ3n) is 4.97. The second-order valence-corrected chi connectivity index (χ2v) is 6.58. The van der Waals surface area contributed by atoms with Crippen LogP contribution < -0.4 is 0 Å². The second kappa shape index (κ2) is 6.20. The number of hydrogen-bond donors (Lipinski definition) is 1. The van der Waals surface area contributed by atoms with Gasteiger partial charge in [-0.2, -0.15) is 0 Å². The van der Waals surface area contributed by atoms with Crippen LogP contribution in [0.2, 0.25) is 0 Å². The molecule has 126 valence electrons. The zero-order valence-electron chi connectivity index (χ0n) is 14.2. The first-order valence-corrected chi connectivity index (χ1v) is 8.71. The maximum absolute atomic E-state index is 11.4. The molecule has 0 saturated heterocycles. The third-order valence-corrected chi connectivity index (χ3v) is 4.97. The summed E-state index contributed by atoms with van der Waals surface area (Å²) in [6.07, 6.45) is 4.18. The Hall–Kier alpha value is -2.88. The van der Waals surface area contributed by atoms with E-state index in [1.807, 2.05) is 36.4 Å². The Bertz CT molecular complexity index is 984. The number of nitro groups is 1. The summed E-state index contributed by atoms with van der Waals surface area (Å²) in [5.41, 5.74) is 6.53. The van der Waals surface area contributed by atoms with Gasteiger partial charge in [0.15, 0.2) is 0 Å². The van der Waals surface area contributed by atoms with Gasteiger partial charge in [0.05, 0.1) is 5.92 Å². The van der Waals surface area contributed by atoms with Crippen molar-refractivity contribution in [1.29, 1.82) is 0 Å². The molecular weight excluding hydrogens is 312 g/mol. The molecule has 0 saturated carbocycles. The lowest BCUT2D eigenvalue weighted by molar-refractivity contribution is -0.481. The van der Waals surface area contributed by atoms with E-state index in [4.69, 9.17) is 0 Å². The molecule has 4 heteroatoms. The predicted octanol–water partition coefficient (Wildman–Crippen LogP) is 5.23. The lowest BCUT2D eigenvalue weighted by Gasteiger charge is -2.15. The average molecular weight is 332 g/mol. The smallest absolute Gasteiger partial charge is 0.214 e. The van der Waals surface area contributed by atoms with Gasteiger partial charge >= 0.3 is 0 Å². The Kier molecular flexibility index (Phi) is 3.88. The quantitative estimate of drug-likeness (QED) is 0.525. The van der Waals surface area contributed by atoms with E-state index < -0.39 is 0 Å². The van der Waals surface area contributed by atoms with Crippen LogP contribution in [0.1, 0.15) is 48.1 Å². The van der Waals surface area contributed by atoms with E-state index in [0.29, 0.717) is 0 Å². The van der Waals surface area contributed by atoms with Gasteiger partial charge in [0.1, 0.15) is 0 Å². The largest absolute Gasteiger partial charge is 0.355 e. The minimum absolute atomic E-state index is 0.0981. The summed E-state index contributed by atoms with van der Waals surface area (Å²) in [4.78, 5) is 14.8. The van der Waals surface area contributed by atoms with Gasteiger partial charge in [-0.15, -0.1) is 0 Å². The molecule has 0 fully saturated rings. The van der Waals surface area contributed by atoms with Crippen molar-refractivity contribution in [3.05, 3.63) is 81.0 Å². The van der Waals surface area contributed by atoms with Crippen LogP contribution in [0.5, 0.6) is 0 Å². The molecule has 0 radical (unpaired) electrons. The summed E-state index contributed by atoms with van der Waals surface area (Å²) in [7, 11) is 0. The second-order valence-electron chi connectivity index (χ2n) is 6.58. The van der Waals surface area contributed by atoms with Crippen LogP contribution >= 0.6 is 0 Å². The highest BCUT2D eigenvalue weighted by Gasteiger charge is 2.31. The summed E-state index contributed by atoms with van der Waals surface area (Å²) < 4.78 is 0. The van der Waals surface area contributed by atoms with E-state index in [9.17, 15) is 10.1 Å². The predicted molar refractivity (Wildman–Crippen MR) is 101 cm³/mol. The summed E-state index contributed by atoms with van der Waals surface area (Å²) in [5.74, 6) is -0.247. The molecule has 0 spiro atoms. The molecule has 0 aliphatic heterocycles. The van der Waals surface area contributed by atoms with Crippen molar-refractivity contribution in [1.82, 2.24) is 4.98 Å². The molecule has 25 heavy (non-hydrogen) atoms. The lowest BCUT2D eigenvalue weighted by atomic mass is 9.87. The Balaban J connectivity index is 2.06. The fourth-order valence-electron chi connectivity index (χ4n) is 3.96. The zero-order chi connectivity index (χ0) is 17.4. The number of aromatic nitrogens is 1. The SMILES string of the molecule is CCCC1=Cc2ccccc2C(C[N+](=O)[O-])c2c1[nH]c1ccccc21. The number of H-pyrrole nitrogens is 1. The molecule has 4 rings (SSSR count). The first kappa shape index (κ1) is 15.6. The van der Waals surface area contributed by atoms with Crippen LogP contribution in [-0.2, 0) is 0 Å². The summed E-state index contributed by atoms with van der Waals surface area (Å²) in [5, 5.41) is 12.5. The standard InChI is InChI=1S/C21H20N2O2/c1-2-7-15-12-14-8-3-4-9-16(14)18(13-23(24)25)20-17-10-5-6-11-19(17)22-21(15)20/h3-6,8-12,18,22H,2,7,13H2,1H3. The molecule has 3 aromatic rings. The fourth-order valence-corrected chi connectivity index (χ4v) is 3.96. The van der Waals surface area contributed by atoms with Crippen LogP contribution in [-0.4, -0.2) is 16.5 Å². The summed E-state index contributed by atoms with van der Waals surface area (Å²) in [6.45, 7) is 2.06. The average Bonchev–Trinajstić information content (AvgIpc) is 2.94. The molecule has 1 heterocycles. The van der Waals surface area contributed by atoms with Gasteiger partial charge in [-0.3, -0.25) is 10.1 Å². The number of allylic oxidation sites excluding steroid dienone is 1. The molecule has 1 aliphatic rings. The molecule has 1 N–H and O–H groups in total. The highest BCUT2D eigenvalue weighted by atomic mass is 16.6. The van der Waals surface area contributed by atoms with Crippen molar-refractivity contribution in [3.63, 3.8) is 0 Å². The molecular formula is C21H20N2O2. The van der Waals surface area contributed by atoms with E-state index in [2.05, 4.69) is 30.1 Å². The van der Waals surface area contributed by atoms with Gasteiger partial charge in [-0.25, -0.2) is 0 Å². The topological polar surface area (TPSA) is 58.9 Å². The molecule has 1 aromatic heterocycles. The number of benzene rings is 2. The minimum Gasteiger partial charge on any atom is -0.355 e. The van der Waals surface area contributed by atoms with Gasteiger partial charge in [0.2, 0.25) is 6.54 Å². The molecule has 0 bridgehead atoms. The fraction of sp³-hybridized carbons (Fsp3) is 0.238. The Labute approximate surface area is 146 Å². The highest BCUT2D eigenvalue weighted by molar-refractivity contribution is 5.95. The first-order valence-electron chi connectivity index (χ1n) is 8.71. The van der Waals surface area contributed by atoms with E-state index in [1.54, 1.807) is 0 Å². The lowest BCUT2D eigenvalue weighted by Crippen LogP contribution is -2.15. The van der Waals surface area contributed by atoms with E-state index >= 15 is 0 Å². The Morgan fingerprint density at radius 3 is 2.68 bits per heavy atom. The Morgan fingerprint density at radius 2 is 1.88 bits per heavy atom. The van der Waals surface area contributed by atoms with Gasteiger partial charge < -0.3 is 4.98 Å². The van der Waals surface area contributed by atoms with Crippen molar-refractivity contribution in [2.24, 2.45) is 0 Å². The monoisotopic (exact) mass is 332 g/mol. The highest BCUT2D eigenvalue weighted by Crippen LogP contribution is 2.42. The van der Waals surface area contributed by atoms with Crippen LogP contribution in [0.3, 0.4) is 0 Å². The van der Waals surface area contributed by atoms with E-state index in [1.165, 1.54) is 5.57 Å². The number of fused-ring (bicyclic) bond motifs is 4. The first-order chi connectivity index (χ1) is 12.2. The molecule has 2 aromatic carbocycles. The number of aromatic amines is 1. The van der Waals surface area contributed by atoms with Crippen LogP contribution in [0.4, 0.5) is 0 Å². The van der Waals surface area contributed by atoms with Crippen molar-refractivity contribution in [2.45, 2.75) is 25.7 Å². The van der Waals surface area contributed by atoms with Gasteiger partial charge in [0.25, 0.3) is 0 Å². The number of hydrogen-bond acceptors (Lipinski definition) is 2. The normalized spacial score (nSPS) is 16.0. The molecule has 1 atom stereocenters. The number of rotatable bonds is 4.